The quantitative estimate of drug-likeness (QED) is 0.308. The first kappa shape index (κ1) is 28.7. The number of amides is 2. The van der Waals surface area contributed by atoms with Crippen molar-refractivity contribution < 1.29 is 40.0 Å². The summed E-state index contributed by atoms with van der Waals surface area (Å²) in [6.07, 6.45) is -2.66. The molecule has 0 radical (unpaired) electrons. The van der Waals surface area contributed by atoms with Gasteiger partial charge in [0.05, 0.1) is 38.5 Å². The maximum Gasteiger partial charge on any atom is 0.416 e. The Morgan fingerprint density at radius 3 is 2.34 bits per heavy atom. The molecule has 1 aliphatic carbocycles. The molecule has 1 fully saturated rings. The van der Waals surface area contributed by atoms with Gasteiger partial charge in [0.2, 0.25) is 10.0 Å². The Labute approximate surface area is 235 Å². The van der Waals surface area contributed by atoms with Gasteiger partial charge in [0.15, 0.2) is 0 Å². The van der Waals surface area contributed by atoms with E-state index < -0.39 is 56.0 Å². The first-order valence-electron chi connectivity index (χ1n) is 12.2. The smallest absolute Gasteiger partial charge is 0.321 e. The predicted molar refractivity (Wildman–Crippen MR) is 142 cm³/mol. The third kappa shape index (κ3) is 5.82. The molecule has 14 heteroatoms. The third-order valence-corrected chi connectivity index (χ3v) is 8.94. The SMILES string of the molecule is O=C(Nc1cc(NS(=O)(=O)C2CCCC2)cc2c1C(c1cc(F)ccc1Cl)=NC2=O)c1cc(F)cc(C(F)(F)F)c1. The number of nitrogens with one attached hydrogen (secondary N) is 2. The second-order valence-electron chi connectivity index (χ2n) is 9.57. The van der Waals surface area contributed by atoms with Crippen LogP contribution in [-0.2, 0) is 16.2 Å². The molecule has 7 nitrogen and oxygen atoms in total. The molecule has 41 heavy (non-hydrogen) atoms. The molecule has 0 saturated heterocycles. The summed E-state index contributed by atoms with van der Waals surface area (Å²) < 4.78 is 96.2. The van der Waals surface area contributed by atoms with Crippen LogP contribution in [0.3, 0.4) is 0 Å². The van der Waals surface area contributed by atoms with Gasteiger partial charge in [0, 0.05) is 16.7 Å². The van der Waals surface area contributed by atoms with Gasteiger partial charge >= 0.3 is 6.18 Å². The summed E-state index contributed by atoms with van der Waals surface area (Å²) in [7, 11) is -3.91. The van der Waals surface area contributed by atoms with Gasteiger partial charge in [-0.05, 0) is 61.4 Å². The molecule has 2 amide bonds. The van der Waals surface area contributed by atoms with Gasteiger partial charge in [-0.15, -0.1) is 0 Å². The van der Waals surface area contributed by atoms with Crippen molar-refractivity contribution >= 4 is 50.5 Å². The fraction of sp³-hybridized carbons (Fsp3) is 0.222. The normalized spacial score (nSPS) is 15.6. The largest absolute Gasteiger partial charge is 0.416 e. The molecule has 1 aliphatic heterocycles. The summed E-state index contributed by atoms with van der Waals surface area (Å²) in [6, 6.07) is 6.86. The number of carbonyl (C=O) groups excluding carboxylic acids is 2. The molecule has 1 heterocycles. The standard InChI is InChI=1S/C27H19ClF5N3O4S/c28-21-6-5-15(29)10-19(21)24-23-20(26(38)35-24)11-17(36-41(39,40)18-3-1-2-4-18)12-22(23)34-25(37)13-7-14(27(31,32)33)9-16(30)8-13/h5-12,18,36H,1-4H2,(H,34,37). The molecule has 2 aliphatic rings. The number of anilines is 2. The number of fused-ring (bicyclic) bond motifs is 1. The second kappa shape index (κ2) is 10.5. The fourth-order valence-corrected chi connectivity index (χ4v) is 6.61. The third-order valence-electron chi connectivity index (χ3n) is 6.74. The number of hydrogen-bond donors (Lipinski definition) is 2. The molecule has 214 valence electrons. The number of carbonyl (C=O) groups is 2. The highest BCUT2D eigenvalue weighted by molar-refractivity contribution is 7.93. The average molecular weight is 612 g/mol. The summed E-state index contributed by atoms with van der Waals surface area (Å²) >= 11 is 6.23. The molecule has 2 N–H and O–H groups in total. The number of aliphatic imine (C=N–C) groups is 1. The first-order valence-corrected chi connectivity index (χ1v) is 14.1. The van der Waals surface area contributed by atoms with Gasteiger partial charge in [-0.1, -0.05) is 24.4 Å². The van der Waals surface area contributed by atoms with Crippen molar-refractivity contribution in [3.8, 4) is 0 Å². The van der Waals surface area contributed by atoms with Gasteiger partial charge in [-0.25, -0.2) is 22.2 Å². The number of hydrogen-bond acceptors (Lipinski definition) is 4. The van der Waals surface area contributed by atoms with Crippen molar-refractivity contribution in [2.75, 3.05) is 10.0 Å². The molecule has 3 aromatic rings. The van der Waals surface area contributed by atoms with E-state index in [1.165, 1.54) is 12.1 Å². The summed E-state index contributed by atoms with van der Waals surface area (Å²) in [5, 5.41) is 1.65. The topological polar surface area (TPSA) is 105 Å². The van der Waals surface area contributed by atoms with Gasteiger partial charge < -0.3 is 5.32 Å². The number of nitrogens with zero attached hydrogens (tertiary/aromatic N) is 1. The highest BCUT2D eigenvalue weighted by Gasteiger charge is 2.34. The van der Waals surface area contributed by atoms with Gasteiger partial charge in [0.25, 0.3) is 11.8 Å². The molecular weight excluding hydrogens is 593 g/mol. The van der Waals surface area contributed by atoms with Crippen molar-refractivity contribution in [3.63, 3.8) is 0 Å². The van der Waals surface area contributed by atoms with Gasteiger partial charge in [0.1, 0.15) is 11.6 Å². The van der Waals surface area contributed by atoms with E-state index in [2.05, 4.69) is 15.0 Å². The van der Waals surface area contributed by atoms with E-state index in [1.807, 2.05) is 0 Å². The summed E-state index contributed by atoms with van der Waals surface area (Å²) in [6.45, 7) is 0. The average Bonchev–Trinajstić information content (AvgIpc) is 3.54. The van der Waals surface area contributed by atoms with Crippen LogP contribution in [0.2, 0.25) is 5.02 Å². The van der Waals surface area contributed by atoms with Crippen molar-refractivity contribution in [1.82, 2.24) is 0 Å². The van der Waals surface area contributed by atoms with Gasteiger partial charge in [-0.2, -0.15) is 13.2 Å². The molecule has 0 bridgehead atoms. The van der Waals surface area contributed by atoms with Crippen LogP contribution in [0.4, 0.5) is 33.3 Å². The number of benzene rings is 3. The minimum Gasteiger partial charge on any atom is -0.321 e. The maximum absolute atomic E-state index is 14.1. The fourth-order valence-electron chi connectivity index (χ4n) is 4.84. The highest BCUT2D eigenvalue weighted by Crippen LogP contribution is 2.37. The molecule has 5 rings (SSSR count). The Bertz CT molecular complexity index is 1740. The maximum atomic E-state index is 14.1. The molecular formula is C27H19ClF5N3O4S. The van der Waals surface area contributed by atoms with Crippen LogP contribution < -0.4 is 10.0 Å². The molecule has 0 atom stereocenters. The molecule has 3 aromatic carbocycles. The van der Waals surface area contributed by atoms with E-state index in [1.54, 1.807) is 0 Å². The lowest BCUT2D eigenvalue weighted by Gasteiger charge is -2.18. The second-order valence-corrected chi connectivity index (χ2v) is 11.9. The van der Waals surface area contributed by atoms with Crippen LogP contribution in [0.1, 0.15) is 63.1 Å². The monoisotopic (exact) mass is 611 g/mol. The molecule has 0 unspecified atom stereocenters. The summed E-state index contributed by atoms with van der Waals surface area (Å²) in [4.78, 5) is 30.0. The minimum atomic E-state index is -4.95. The van der Waals surface area contributed by atoms with E-state index in [0.717, 1.165) is 18.2 Å². The van der Waals surface area contributed by atoms with Crippen LogP contribution in [0.15, 0.2) is 53.5 Å². The Morgan fingerprint density at radius 1 is 0.951 bits per heavy atom. The lowest BCUT2D eigenvalue weighted by molar-refractivity contribution is -0.137. The Kier molecular flexibility index (Phi) is 7.36. The zero-order valence-electron chi connectivity index (χ0n) is 20.8. The highest BCUT2D eigenvalue weighted by atomic mass is 35.5. The zero-order chi connectivity index (χ0) is 29.7. The molecule has 0 spiro atoms. The van der Waals surface area contributed by atoms with Crippen LogP contribution in [0.5, 0.6) is 0 Å². The zero-order valence-corrected chi connectivity index (χ0v) is 22.4. The Morgan fingerprint density at radius 2 is 1.66 bits per heavy atom. The van der Waals surface area contributed by atoms with Crippen LogP contribution in [0.25, 0.3) is 0 Å². The number of halogens is 6. The van der Waals surface area contributed by atoms with Crippen molar-refractivity contribution in [3.05, 3.63) is 93.0 Å². The van der Waals surface area contributed by atoms with E-state index in [4.69, 9.17) is 11.6 Å². The molecule has 0 aromatic heterocycles. The van der Waals surface area contributed by atoms with Crippen LogP contribution in [0, 0.1) is 11.6 Å². The minimum absolute atomic E-state index is 0.00552. The van der Waals surface area contributed by atoms with Crippen molar-refractivity contribution in [2.45, 2.75) is 37.1 Å². The van der Waals surface area contributed by atoms with E-state index in [0.29, 0.717) is 37.8 Å². The van der Waals surface area contributed by atoms with E-state index in [-0.39, 0.29) is 44.9 Å². The lowest BCUT2D eigenvalue weighted by atomic mass is 9.97. The van der Waals surface area contributed by atoms with Gasteiger partial charge in [-0.3, -0.25) is 14.3 Å². The Hall–Kier alpha value is -3.84. The predicted octanol–water partition coefficient (Wildman–Crippen LogP) is 6.56. The van der Waals surface area contributed by atoms with Crippen molar-refractivity contribution in [1.29, 1.82) is 0 Å². The summed E-state index contributed by atoms with van der Waals surface area (Å²) in [5.41, 5.74) is -2.94. The van der Waals surface area contributed by atoms with Crippen LogP contribution in [-0.4, -0.2) is 31.2 Å². The van der Waals surface area contributed by atoms with Crippen LogP contribution >= 0.6 is 11.6 Å². The van der Waals surface area contributed by atoms with E-state index in [9.17, 15) is 40.0 Å². The Balaban J connectivity index is 1.62. The molecule has 1 saturated carbocycles. The first-order chi connectivity index (χ1) is 19.2. The summed E-state index contributed by atoms with van der Waals surface area (Å²) in [5.74, 6) is -4.11. The lowest BCUT2D eigenvalue weighted by Crippen LogP contribution is -2.25. The van der Waals surface area contributed by atoms with E-state index >= 15 is 0 Å². The number of sulfonamides is 1. The number of rotatable bonds is 6. The number of alkyl halides is 3. The van der Waals surface area contributed by atoms with Crippen molar-refractivity contribution in [2.24, 2.45) is 4.99 Å².